The monoisotopic (exact) mass is 487 g/mol. The van der Waals surface area contributed by atoms with Gasteiger partial charge in [-0.25, -0.2) is 9.97 Å². The molecule has 5 atom stereocenters. The zero-order valence-corrected chi connectivity index (χ0v) is 19.6. The van der Waals surface area contributed by atoms with Crippen LogP contribution < -0.4 is 10.0 Å². The lowest BCUT2D eigenvalue weighted by atomic mass is 10.0. The van der Waals surface area contributed by atoms with Crippen molar-refractivity contribution in [1.29, 1.82) is 0 Å². The number of fused-ring (bicyclic) bond motifs is 2. The Kier molecular flexibility index (Phi) is 6.30. The van der Waals surface area contributed by atoms with Gasteiger partial charge in [-0.3, -0.25) is 4.55 Å². The number of aromatic nitrogens is 3. The molecule has 4 N–H and O–H groups in total. The Morgan fingerprint density at radius 1 is 1.18 bits per heavy atom. The lowest BCUT2D eigenvalue weighted by Crippen LogP contribution is -2.31. The maximum atomic E-state index is 11.0. The number of methoxy groups -OCH3 is 1. The first kappa shape index (κ1) is 23.2. The summed E-state index contributed by atoms with van der Waals surface area (Å²) >= 11 is 0. The van der Waals surface area contributed by atoms with Gasteiger partial charge in [0.05, 0.1) is 24.1 Å². The summed E-state index contributed by atoms with van der Waals surface area (Å²) in [7, 11) is -2.57. The van der Waals surface area contributed by atoms with Crippen molar-refractivity contribution in [2.75, 3.05) is 25.6 Å². The van der Waals surface area contributed by atoms with Gasteiger partial charge in [-0.2, -0.15) is 13.1 Å². The minimum atomic E-state index is -4.29. The normalized spacial score (nSPS) is 26.7. The van der Waals surface area contributed by atoms with Crippen molar-refractivity contribution in [2.24, 2.45) is 11.8 Å². The third kappa shape index (κ3) is 4.53. The van der Waals surface area contributed by atoms with Crippen LogP contribution in [-0.4, -0.2) is 59.0 Å². The zero-order valence-electron chi connectivity index (χ0n) is 18.8. The highest BCUT2D eigenvalue weighted by atomic mass is 32.2. The van der Waals surface area contributed by atoms with Crippen molar-refractivity contribution >= 4 is 27.2 Å². The van der Waals surface area contributed by atoms with Crippen LogP contribution in [0.2, 0.25) is 0 Å². The van der Waals surface area contributed by atoms with Gasteiger partial charge in [0.15, 0.2) is 0 Å². The largest absolute Gasteiger partial charge is 0.393 e. The third-order valence-electron chi connectivity index (χ3n) is 7.08. The summed E-state index contributed by atoms with van der Waals surface area (Å²) < 4.78 is 40.6. The maximum absolute atomic E-state index is 11.0. The van der Waals surface area contributed by atoms with E-state index in [1.54, 1.807) is 7.11 Å². The molecular weight excluding hydrogens is 458 g/mol. The molecule has 0 unspecified atom stereocenters. The van der Waals surface area contributed by atoms with E-state index >= 15 is 0 Å². The zero-order chi connectivity index (χ0) is 23.9. The number of nitrogens with one attached hydrogen (secondary N) is 2. The van der Waals surface area contributed by atoms with Crippen LogP contribution >= 0.6 is 0 Å². The minimum absolute atomic E-state index is 0.0144. The van der Waals surface area contributed by atoms with Crippen LogP contribution in [0.4, 0.5) is 5.82 Å². The number of aliphatic hydroxyl groups is 1. The fraction of sp³-hybridized carbons (Fsp3) is 0.478. The molecule has 2 aliphatic carbocycles. The predicted octanol–water partition coefficient (Wildman–Crippen LogP) is 2.11. The number of anilines is 1. The van der Waals surface area contributed by atoms with Gasteiger partial charge in [-0.1, -0.05) is 24.3 Å². The summed E-state index contributed by atoms with van der Waals surface area (Å²) in [4.78, 5) is 9.04. The molecule has 2 heterocycles. The summed E-state index contributed by atoms with van der Waals surface area (Å²) in [5, 5.41) is 15.0. The predicted molar refractivity (Wildman–Crippen MR) is 127 cm³/mol. The Morgan fingerprint density at radius 3 is 2.79 bits per heavy atom. The average molecular weight is 488 g/mol. The van der Waals surface area contributed by atoms with E-state index in [0.717, 1.165) is 23.3 Å². The molecule has 10 nitrogen and oxygen atoms in total. The number of benzene rings is 1. The van der Waals surface area contributed by atoms with Gasteiger partial charge in [0.1, 0.15) is 17.8 Å². The summed E-state index contributed by atoms with van der Waals surface area (Å²) in [6, 6.07) is 10.4. The van der Waals surface area contributed by atoms with E-state index in [9.17, 15) is 13.5 Å². The second-order valence-corrected chi connectivity index (χ2v) is 10.4. The van der Waals surface area contributed by atoms with E-state index < -0.39 is 16.4 Å². The van der Waals surface area contributed by atoms with E-state index in [0.29, 0.717) is 19.4 Å². The molecule has 0 bridgehead atoms. The second-order valence-electron chi connectivity index (χ2n) is 9.20. The van der Waals surface area contributed by atoms with Gasteiger partial charge in [0.25, 0.3) is 0 Å². The molecule has 11 heteroatoms. The van der Waals surface area contributed by atoms with E-state index in [-0.39, 0.29) is 30.5 Å². The molecule has 0 spiro atoms. The van der Waals surface area contributed by atoms with Crippen molar-refractivity contribution in [1.82, 2.24) is 19.3 Å². The molecule has 1 fully saturated rings. The number of hydrogen-bond donors (Lipinski definition) is 4. The standard InChI is InChI=1S/C23H29N5O5S/c1-33-12-16-8-14-4-2-3-5-18(14)21(16)27-22-19-6-7-28(23(19)25-13-24-22)17-9-15(20(29)10-17)11-26-34(30,31)32/h2-7,13,15-17,20-21,26,29H,8-12H2,1H3,(H,24,25,27)(H,30,31,32)/t15-,16+,17+,20-,21-/m0/s1. The summed E-state index contributed by atoms with van der Waals surface area (Å²) in [5.41, 5.74) is 3.32. The molecule has 34 heavy (non-hydrogen) atoms. The Morgan fingerprint density at radius 2 is 2.00 bits per heavy atom. The molecule has 0 radical (unpaired) electrons. The molecule has 2 aromatic heterocycles. The fourth-order valence-corrected chi connectivity index (χ4v) is 5.93. The van der Waals surface area contributed by atoms with Gasteiger partial charge in [0.2, 0.25) is 0 Å². The molecule has 5 rings (SSSR count). The van der Waals surface area contributed by atoms with Crippen LogP contribution in [0.15, 0.2) is 42.9 Å². The number of nitrogens with zero attached hydrogens (tertiary/aromatic N) is 3. The molecule has 1 aromatic carbocycles. The molecule has 0 saturated heterocycles. The number of hydrogen-bond acceptors (Lipinski definition) is 7. The lowest BCUT2D eigenvalue weighted by molar-refractivity contribution is 0.133. The SMILES string of the molecule is COC[C@H]1Cc2ccccc2[C@H]1Nc1ncnc2c1ccn2[C@@H]1C[C@@H](CNS(=O)(=O)O)[C@@H](O)C1. The summed E-state index contributed by atoms with van der Waals surface area (Å²) in [6.45, 7) is 0.625. The molecule has 3 aromatic rings. The summed E-state index contributed by atoms with van der Waals surface area (Å²) in [5.74, 6) is 0.735. The second kappa shape index (κ2) is 9.23. The third-order valence-corrected chi connectivity index (χ3v) is 7.61. The quantitative estimate of drug-likeness (QED) is 0.355. The first-order valence-corrected chi connectivity index (χ1v) is 12.8. The molecule has 0 aliphatic heterocycles. The van der Waals surface area contributed by atoms with E-state index in [2.05, 4.69) is 38.2 Å². The van der Waals surface area contributed by atoms with Crippen LogP contribution in [-0.2, 0) is 21.5 Å². The Bertz CT molecular complexity index is 1280. The smallest absolute Gasteiger partial charge is 0.333 e. The Balaban J connectivity index is 1.39. The summed E-state index contributed by atoms with van der Waals surface area (Å²) in [6.07, 6.45) is 4.77. The van der Waals surface area contributed by atoms with Gasteiger partial charge in [0, 0.05) is 37.7 Å². The van der Waals surface area contributed by atoms with Gasteiger partial charge in [-0.15, -0.1) is 0 Å². The molecule has 182 valence electrons. The number of ether oxygens (including phenoxy) is 1. The topological polar surface area (TPSA) is 139 Å². The van der Waals surface area contributed by atoms with Crippen molar-refractivity contribution in [3.63, 3.8) is 0 Å². The number of aliphatic hydroxyl groups excluding tert-OH is 1. The highest BCUT2D eigenvalue weighted by Crippen LogP contribution is 2.41. The maximum Gasteiger partial charge on any atom is 0.333 e. The average Bonchev–Trinajstić information content (AvgIpc) is 3.48. The Labute approximate surface area is 198 Å². The first-order chi connectivity index (χ1) is 16.3. The molecular formula is C23H29N5O5S. The van der Waals surface area contributed by atoms with Gasteiger partial charge in [-0.05, 0) is 36.5 Å². The molecule has 2 aliphatic rings. The van der Waals surface area contributed by atoms with Gasteiger partial charge >= 0.3 is 10.3 Å². The number of rotatable bonds is 8. The van der Waals surface area contributed by atoms with Crippen molar-refractivity contribution < 1.29 is 22.8 Å². The van der Waals surface area contributed by atoms with Gasteiger partial charge < -0.3 is 19.7 Å². The molecule has 1 saturated carbocycles. The highest BCUT2D eigenvalue weighted by molar-refractivity contribution is 7.83. The first-order valence-electron chi connectivity index (χ1n) is 11.4. The van der Waals surface area contributed by atoms with Crippen molar-refractivity contribution in [3.05, 3.63) is 54.0 Å². The van der Waals surface area contributed by atoms with E-state index in [1.165, 1.54) is 17.5 Å². The Hall–Kier alpha value is -2.57. The minimum Gasteiger partial charge on any atom is -0.393 e. The van der Waals surface area contributed by atoms with Crippen LogP contribution in [0.3, 0.4) is 0 Å². The molecule has 0 amide bonds. The van der Waals surface area contributed by atoms with Crippen LogP contribution in [0.5, 0.6) is 0 Å². The van der Waals surface area contributed by atoms with Crippen molar-refractivity contribution in [2.45, 2.75) is 37.5 Å². The van der Waals surface area contributed by atoms with E-state index in [1.807, 2.05) is 22.9 Å². The van der Waals surface area contributed by atoms with Crippen LogP contribution in [0.1, 0.15) is 36.1 Å². The van der Waals surface area contributed by atoms with Crippen LogP contribution in [0.25, 0.3) is 11.0 Å². The highest BCUT2D eigenvalue weighted by Gasteiger charge is 2.36. The fourth-order valence-electron chi connectivity index (χ4n) is 5.50. The van der Waals surface area contributed by atoms with Crippen molar-refractivity contribution in [3.8, 4) is 0 Å². The lowest BCUT2D eigenvalue weighted by Gasteiger charge is -2.22. The van der Waals surface area contributed by atoms with E-state index in [4.69, 9.17) is 9.29 Å². The van der Waals surface area contributed by atoms with Crippen LogP contribution in [0, 0.1) is 11.8 Å².